The Hall–Kier alpha value is -0.350. The zero-order chi connectivity index (χ0) is 15.8. The largest absolute Gasteiger partial charge is 1.00 e. The molecule has 122 valence electrons. The minimum atomic E-state index is -1.10. The van der Waals surface area contributed by atoms with E-state index in [-0.39, 0.29) is 35.1 Å². The molecule has 0 saturated carbocycles. The molecule has 3 nitrogen and oxygen atoms in total. The molecular formula is C19H28NNaO2. The molecule has 1 atom stereocenters. The van der Waals surface area contributed by atoms with Crippen molar-refractivity contribution in [2.24, 2.45) is 0 Å². The van der Waals surface area contributed by atoms with Crippen molar-refractivity contribution in [1.29, 1.82) is 0 Å². The van der Waals surface area contributed by atoms with Gasteiger partial charge >= 0.3 is 29.6 Å². The molecule has 0 bridgehead atoms. The number of nitrogens with zero attached hydrogens (tertiary/aromatic N) is 1. The van der Waals surface area contributed by atoms with E-state index in [0.717, 1.165) is 0 Å². The topological polar surface area (TPSA) is 43.4 Å². The van der Waals surface area contributed by atoms with E-state index in [1.165, 1.54) is 70.0 Å². The zero-order valence-electron chi connectivity index (χ0n) is 14.7. The first-order chi connectivity index (χ1) is 10.7. The number of carbonyl (C=O) groups is 1. The molecule has 0 aromatic heterocycles. The van der Waals surface area contributed by atoms with Crippen LogP contribution in [-0.2, 0) is 0 Å². The zero-order valence-corrected chi connectivity index (χ0v) is 16.7. The number of benzene rings is 1. The van der Waals surface area contributed by atoms with Gasteiger partial charge in [0.05, 0.1) is 5.97 Å². The molecule has 1 aliphatic rings. The second-order valence-corrected chi connectivity index (χ2v) is 6.37. The van der Waals surface area contributed by atoms with E-state index in [9.17, 15) is 9.90 Å². The normalized spacial score (nSPS) is 17.9. The fraction of sp³-hybridized carbons (Fsp3) is 0.632. The van der Waals surface area contributed by atoms with Crippen molar-refractivity contribution in [2.45, 2.75) is 64.3 Å². The maximum Gasteiger partial charge on any atom is 1.00 e. The monoisotopic (exact) mass is 325 g/mol. The molecule has 23 heavy (non-hydrogen) atoms. The maximum atomic E-state index is 10.8. The summed E-state index contributed by atoms with van der Waals surface area (Å²) in [5.41, 5.74) is 1.51. The first-order valence-electron chi connectivity index (χ1n) is 8.77. The number of aromatic carboxylic acids is 1. The predicted octanol–water partition coefficient (Wildman–Crippen LogP) is 0.552. The number of carboxylic acid groups (broad SMARTS) is 1. The van der Waals surface area contributed by atoms with Crippen molar-refractivity contribution in [3.63, 3.8) is 0 Å². The minimum Gasteiger partial charge on any atom is -0.545 e. The molecule has 0 amide bonds. The molecule has 0 unspecified atom stereocenters. The first-order valence-corrected chi connectivity index (χ1v) is 8.77. The third-order valence-electron chi connectivity index (χ3n) is 4.69. The summed E-state index contributed by atoms with van der Waals surface area (Å²) >= 11 is 0. The Labute approximate surface area is 162 Å². The van der Waals surface area contributed by atoms with Gasteiger partial charge in [0.15, 0.2) is 0 Å². The van der Waals surface area contributed by atoms with E-state index >= 15 is 0 Å². The fourth-order valence-electron chi connectivity index (χ4n) is 3.41. The summed E-state index contributed by atoms with van der Waals surface area (Å²) in [6.07, 6.45) is 10.4. The molecule has 1 saturated heterocycles. The van der Waals surface area contributed by atoms with Gasteiger partial charge < -0.3 is 9.90 Å². The number of unbranched alkanes of at least 4 members (excludes halogenated alkanes) is 5. The van der Waals surface area contributed by atoms with Crippen LogP contribution in [0.5, 0.6) is 0 Å². The molecule has 0 spiro atoms. The van der Waals surface area contributed by atoms with Gasteiger partial charge in [0, 0.05) is 6.04 Å². The SMILES string of the molecule is CCCCCCCCN1CCC[C@H]1c1ccc(C(=O)[O-])cc1.[Na+]. The van der Waals surface area contributed by atoms with Crippen LogP contribution in [0.3, 0.4) is 0 Å². The summed E-state index contributed by atoms with van der Waals surface area (Å²) in [5.74, 6) is -1.10. The van der Waals surface area contributed by atoms with Crippen LogP contribution in [0.15, 0.2) is 24.3 Å². The van der Waals surface area contributed by atoms with Crippen molar-refractivity contribution < 1.29 is 39.5 Å². The maximum absolute atomic E-state index is 10.8. The van der Waals surface area contributed by atoms with E-state index < -0.39 is 5.97 Å². The van der Waals surface area contributed by atoms with Gasteiger partial charge in [-0.05, 0) is 43.5 Å². The second-order valence-electron chi connectivity index (χ2n) is 6.37. The Bertz CT molecular complexity index is 461. The van der Waals surface area contributed by atoms with Gasteiger partial charge in [0.25, 0.3) is 0 Å². The average Bonchev–Trinajstić information content (AvgIpc) is 2.99. The molecule has 1 fully saturated rings. The van der Waals surface area contributed by atoms with E-state index in [0.29, 0.717) is 6.04 Å². The van der Waals surface area contributed by atoms with Crippen LogP contribution in [0, 0.1) is 0 Å². The van der Waals surface area contributed by atoms with Crippen LogP contribution in [-0.4, -0.2) is 24.0 Å². The number of likely N-dealkylation sites (tertiary alicyclic amines) is 1. The summed E-state index contributed by atoms with van der Waals surface area (Å²) in [6, 6.07) is 7.72. The standard InChI is InChI=1S/C19H29NO2.Na/c1-2-3-4-5-6-7-14-20-15-8-9-18(20)16-10-12-17(13-11-16)19(21)22;/h10-13,18H,2-9,14-15H2,1H3,(H,21,22);/q;+1/p-1/t18-;/m0./s1. The minimum absolute atomic E-state index is 0. The smallest absolute Gasteiger partial charge is 0.545 e. The van der Waals surface area contributed by atoms with Crippen LogP contribution in [0.25, 0.3) is 0 Å². The van der Waals surface area contributed by atoms with Crippen LogP contribution in [0.4, 0.5) is 0 Å². The number of carbonyl (C=O) groups excluding carboxylic acids is 1. The van der Waals surface area contributed by atoms with Gasteiger partial charge in [0.2, 0.25) is 0 Å². The van der Waals surface area contributed by atoms with Gasteiger partial charge in [-0.1, -0.05) is 63.3 Å². The van der Waals surface area contributed by atoms with Crippen molar-refractivity contribution in [1.82, 2.24) is 4.90 Å². The van der Waals surface area contributed by atoms with Crippen LogP contribution in [0.1, 0.15) is 80.3 Å². The third kappa shape index (κ3) is 6.58. The molecule has 4 heteroatoms. The molecule has 0 radical (unpaired) electrons. The molecule has 0 aliphatic carbocycles. The predicted molar refractivity (Wildman–Crippen MR) is 87.7 cm³/mol. The second kappa shape index (κ2) is 11.2. The van der Waals surface area contributed by atoms with Crippen molar-refractivity contribution >= 4 is 5.97 Å². The fourth-order valence-corrected chi connectivity index (χ4v) is 3.41. The molecule has 1 aromatic rings. The Morgan fingerprint density at radius 1 is 1.13 bits per heavy atom. The summed E-state index contributed by atoms with van der Waals surface area (Å²) in [5, 5.41) is 10.8. The Morgan fingerprint density at radius 3 is 2.43 bits per heavy atom. The Kier molecular flexibility index (Phi) is 10.1. The van der Waals surface area contributed by atoms with E-state index in [2.05, 4.69) is 11.8 Å². The van der Waals surface area contributed by atoms with Crippen LogP contribution >= 0.6 is 0 Å². The number of hydrogen-bond acceptors (Lipinski definition) is 3. The van der Waals surface area contributed by atoms with E-state index in [1.807, 2.05) is 12.1 Å². The molecule has 1 aliphatic heterocycles. The molecular weight excluding hydrogens is 297 g/mol. The summed E-state index contributed by atoms with van der Waals surface area (Å²) in [6.45, 7) is 4.58. The van der Waals surface area contributed by atoms with E-state index in [1.54, 1.807) is 12.1 Å². The quantitative estimate of drug-likeness (QED) is 0.492. The number of rotatable bonds is 9. The Balaban J connectivity index is 0.00000264. The number of hydrogen-bond donors (Lipinski definition) is 0. The van der Waals surface area contributed by atoms with Crippen molar-refractivity contribution in [3.8, 4) is 0 Å². The van der Waals surface area contributed by atoms with Crippen molar-refractivity contribution in [3.05, 3.63) is 35.4 Å². The molecule has 2 rings (SSSR count). The summed E-state index contributed by atoms with van der Waals surface area (Å²) < 4.78 is 0. The third-order valence-corrected chi connectivity index (χ3v) is 4.69. The van der Waals surface area contributed by atoms with Gasteiger partial charge in [-0.2, -0.15) is 0 Å². The molecule has 0 N–H and O–H groups in total. The summed E-state index contributed by atoms with van der Waals surface area (Å²) in [4.78, 5) is 13.4. The first kappa shape index (κ1) is 20.7. The average molecular weight is 325 g/mol. The van der Waals surface area contributed by atoms with Gasteiger partial charge in [0.1, 0.15) is 0 Å². The van der Waals surface area contributed by atoms with Gasteiger partial charge in [-0.3, -0.25) is 4.90 Å². The van der Waals surface area contributed by atoms with Gasteiger partial charge in [-0.25, -0.2) is 0 Å². The molecule has 1 aromatic carbocycles. The summed E-state index contributed by atoms with van der Waals surface area (Å²) in [7, 11) is 0. The van der Waals surface area contributed by atoms with Crippen molar-refractivity contribution in [2.75, 3.05) is 13.1 Å². The van der Waals surface area contributed by atoms with Gasteiger partial charge in [-0.15, -0.1) is 0 Å². The van der Waals surface area contributed by atoms with Crippen LogP contribution in [0.2, 0.25) is 0 Å². The Morgan fingerprint density at radius 2 is 1.78 bits per heavy atom. The van der Waals surface area contributed by atoms with Crippen LogP contribution < -0.4 is 34.7 Å². The van der Waals surface area contributed by atoms with E-state index in [4.69, 9.17) is 0 Å². The number of carboxylic acids is 1. The molecule has 1 heterocycles.